The highest BCUT2D eigenvalue weighted by atomic mass is 16.6. The van der Waals surface area contributed by atoms with E-state index >= 15 is 0 Å². The van der Waals surface area contributed by atoms with Crippen LogP contribution in [-0.4, -0.2) is 30.9 Å². The van der Waals surface area contributed by atoms with Gasteiger partial charge in [-0.2, -0.15) is 0 Å². The lowest BCUT2D eigenvalue weighted by molar-refractivity contribution is -0.157. The fourth-order valence-corrected chi connectivity index (χ4v) is 0.531. The van der Waals surface area contributed by atoms with Crippen LogP contribution in [0.15, 0.2) is 12.3 Å². The predicted molar refractivity (Wildman–Crippen MR) is 48.3 cm³/mol. The minimum atomic E-state index is -1.07. The van der Waals surface area contributed by atoms with Gasteiger partial charge in [-0.15, -0.1) is 0 Å². The van der Waals surface area contributed by atoms with Crippen LogP contribution in [-0.2, 0) is 23.9 Å². The van der Waals surface area contributed by atoms with Crippen LogP contribution < -0.4 is 0 Å². The minimum absolute atomic E-state index is 0.0628. The van der Waals surface area contributed by atoms with E-state index in [1.165, 1.54) is 6.92 Å². The van der Waals surface area contributed by atoms with Crippen molar-refractivity contribution in [2.24, 2.45) is 0 Å². The summed E-state index contributed by atoms with van der Waals surface area (Å²) >= 11 is 0. The van der Waals surface area contributed by atoms with Crippen LogP contribution in [0, 0.1) is 6.57 Å². The highest BCUT2D eigenvalue weighted by molar-refractivity contribution is 6.34. The Labute approximate surface area is 86.3 Å². The van der Waals surface area contributed by atoms with Gasteiger partial charge in [0.25, 0.3) is 11.5 Å². The summed E-state index contributed by atoms with van der Waals surface area (Å²) in [5.74, 6) is -3.08. The third kappa shape index (κ3) is 4.57. The van der Waals surface area contributed by atoms with Crippen molar-refractivity contribution in [3.63, 3.8) is 0 Å². The van der Waals surface area contributed by atoms with Crippen molar-refractivity contribution in [1.82, 2.24) is 0 Å². The average Bonchev–Trinajstić information content (AvgIpc) is 2.24. The van der Waals surface area contributed by atoms with E-state index in [-0.39, 0.29) is 6.61 Å². The summed E-state index contributed by atoms with van der Waals surface area (Å²) in [6.45, 7) is 10.4. The summed E-state index contributed by atoms with van der Waals surface area (Å²) in [7, 11) is 0. The van der Waals surface area contributed by atoms with Gasteiger partial charge in [0.15, 0.2) is 6.61 Å². The summed E-state index contributed by atoms with van der Waals surface area (Å²) in [5.41, 5.74) is -0.452. The predicted octanol–water partition coefficient (Wildman–Crippen LogP) is 0.0948. The molecular weight excluding hydrogens is 202 g/mol. The largest absolute Gasteiger partial charge is 0.462 e. The molecule has 0 heterocycles. The minimum Gasteiger partial charge on any atom is -0.462 e. The van der Waals surface area contributed by atoms with Crippen LogP contribution in [0.5, 0.6) is 0 Å². The summed E-state index contributed by atoms with van der Waals surface area (Å²) in [6, 6.07) is 0. The lowest BCUT2D eigenvalue weighted by Gasteiger charge is -2.02. The maximum Gasteiger partial charge on any atom is 0.378 e. The molecule has 0 aromatic heterocycles. The van der Waals surface area contributed by atoms with E-state index in [0.717, 1.165) is 0 Å². The first kappa shape index (κ1) is 12.8. The number of hydrogen-bond donors (Lipinski definition) is 0. The monoisotopic (exact) mass is 211 g/mol. The zero-order valence-electron chi connectivity index (χ0n) is 8.11. The van der Waals surface area contributed by atoms with Crippen molar-refractivity contribution >= 4 is 17.7 Å². The molecular formula is C9H9NO5. The van der Waals surface area contributed by atoms with Gasteiger partial charge in [-0.3, -0.25) is 9.59 Å². The molecule has 80 valence electrons. The Balaban J connectivity index is 4.02. The van der Waals surface area contributed by atoms with E-state index in [9.17, 15) is 14.4 Å². The third-order valence-corrected chi connectivity index (χ3v) is 1.21. The van der Waals surface area contributed by atoms with Gasteiger partial charge in [0, 0.05) is 0 Å². The van der Waals surface area contributed by atoms with Gasteiger partial charge in [-0.1, -0.05) is 6.58 Å². The first-order valence-electron chi connectivity index (χ1n) is 3.96. The molecule has 0 saturated heterocycles. The standard InChI is InChI=1S/C9H9NO5/c1-4-14-9(13)7(11)5-15-8(12)6(2)10-3/h2,4-5H2,1H3. The van der Waals surface area contributed by atoms with E-state index in [4.69, 9.17) is 6.57 Å². The molecule has 15 heavy (non-hydrogen) atoms. The van der Waals surface area contributed by atoms with Crippen LogP contribution in [0.2, 0.25) is 0 Å². The smallest absolute Gasteiger partial charge is 0.378 e. The van der Waals surface area contributed by atoms with Crippen LogP contribution in [0.4, 0.5) is 0 Å². The average molecular weight is 211 g/mol. The Hall–Kier alpha value is -2.16. The molecule has 0 bridgehead atoms. The molecule has 0 amide bonds. The van der Waals surface area contributed by atoms with Crippen molar-refractivity contribution in [1.29, 1.82) is 0 Å². The summed E-state index contributed by atoms with van der Waals surface area (Å²) < 4.78 is 8.68. The number of carbonyl (C=O) groups is 3. The lowest BCUT2D eigenvalue weighted by atomic mass is 10.4. The van der Waals surface area contributed by atoms with E-state index < -0.39 is 30.0 Å². The van der Waals surface area contributed by atoms with Gasteiger partial charge in [-0.05, 0) is 6.92 Å². The highest BCUT2D eigenvalue weighted by Gasteiger charge is 2.18. The maximum absolute atomic E-state index is 10.9. The number of Topliss-reactive ketones (excluding diaryl/α,β-unsaturated/α-hetero) is 1. The second kappa shape index (κ2) is 6.32. The molecule has 0 spiro atoms. The van der Waals surface area contributed by atoms with E-state index in [1.807, 2.05) is 0 Å². The van der Waals surface area contributed by atoms with Gasteiger partial charge >= 0.3 is 11.9 Å². The van der Waals surface area contributed by atoms with E-state index in [1.54, 1.807) is 0 Å². The van der Waals surface area contributed by atoms with Gasteiger partial charge in [-0.25, -0.2) is 9.64 Å². The molecule has 6 heteroatoms. The normalized spacial score (nSPS) is 8.53. The molecule has 0 saturated carbocycles. The fraction of sp³-hybridized carbons (Fsp3) is 0.333. The maximum atomic E-state index is 10.9. The number of carbonyl (C=O) groups excluding carboxylic acids is 3. The molecule has 0 radical (unpaired) electrons. The van der Waals surface area contributed by atoms with Crippen molar-refractivity contribution in [2.45, 2.75) is 6.92 Å². The number of ketones is 1. The molecule has 0 aliphatic carbocycles. The van der Waals surface area contributed by atoms with Crippen molar-refractivity contribution in [2.75, 3.05) is 13.2 Å². The molecule has 0 N–H and O–H groups in total. The first-order valence-corrected chi connectivity index (χ1v) is 3.96. The Bertz CT molecular complexity index is 339. The molecule has 0 aliphatic rings. The van der Waals surface area contributed by atoms with E-state index in [0.29, 0.717) is 0 Å². The highest BCUT2D eigenvalue weighted by Crippen LogP contribution is 1.96. The Morgan fingerprint density at radius 2 is 1.87 bits per heavy atom. The third-order valence-electron chi connectivity index (χ3n) is 1.21. The van der Waals surface area contributed by atoms with Crippen molar-refractivity contribution < 1.29 is 23.9 Å². The Kier molecular flexibility index (Phi) is 5.41. The number of esters is 2. The number of ether oxygens (including phenoxy) is 2. The van der Waals surface area contributed by atoms with Crippen LogP contribution in [0.25, 0.3) is 4.85 Å². The lowest BCUT2D eigenvalue weighted by Crippen LogP contribution is -2.24. The second-order valence-electron chi connectivity index (χ2n) is 2.28. The van der Waals surface area contributed by atoms with Gasteiger partial charge in [0.1, 0.15) is 0 Å². The number of rotatable bonds is 5. The van der Waals surface area contributed by atoms with Crippen LogP contribution >= 0.6 is 0 Å². The fourth-order valence-electron chi connectivity index (χ4n) is 0.531. The molecule has 0 aromatic carbocycles. The zero-order valence-corrected chi connectivity index (χ0v) is 8.11. The summed E-state index contributed by atoms with van der Waals surface area (Å²) in [6.07, 6.45) is 0. The SMILES string of the molecule is [C-]#[N+]C(=C)C(=O)OCC(=O)C(=O)OCC. The van der Waals surface area contributed by atoms with Crippen molar-refractivity contribution in [3.8, 4) is 0 Å². The van der Waals surface area contributed by atoms with E-state index in [2.05, 4.69) is 20.9 Å². The van der Waals surface area contributed by atoms with Crippen molar-refractivity contribution in [3.05, 3.63) is 23.7 Å². The molecule has 6 nitrogen and oxygen atoms in total. The van der Waals surface area contributed by atoms with Gasteiger partial charge in [0.05, 0.1) is 13.2 Å². The molecule has 0 aromatic rings. The topological polar surface area (TPSA) is 74.0 Å². The van der Waals surface area contributed by atoms with Crippen LogP contribution in [0.1, 0.15) is 6.92 Å². The molecule has 0 unspecified atom stereocenters. The van der Waals surface area contributed by atoms with Gasteiger partial charge < -0.3 is 9.47 Å². The Morgan fingerprint density at radius 3 is 2.33 bits per heavy atom. The molecule has 0 atom stereocenters. The number of hydrogen-bond acceptors (Lipinski definition) is 5. The Morgan fingerprint density at radius 1 is 1.27 bits per heavy atom. The number of nitrogens with zero attached hydrogens (tertiary/aromatic N) is 1. The second-order valence-corrected chi connectivity index (χ2v) is 2.28. The summed E-state index contributed by atoms with van der Waals surface area (Å²) in [5, 5.41) is 0. The zero-order chi connectivity index (χ0) is 11.8. The molecule has 0 rings (SSSR count). The summed E-state index contributed by atoms with van der Waals surface area (Å²) in [4.78, 5) is 35.2. The van der Waals surface area contributed by atoms with Crippen LogP contribution in [0.3, 0.4) is 0 Å². The molecule has 0 aliphatic heterocycles. The first-order chi connectivity index (χ1) is 7.02. The quantitative estimate of drug-likeness (QED) is 0.279. The molecule has 0 fully saturated rings. The van der Waals surface area contributed by atoms with Gasteiger partial charge in [0.2, 0.25) is 0 Å².